The molecule has 0 saturated carbocycles. The van der Waals surface area contributed by atoms with Gasteiger partial charge >= 0.3 is 0 Å². The first-order valence-electron chi connectivity index (χ1n) is 5.98. The van der Waals surface area contributed by atoms with Crippen LogP contribution < -0.4 is 0 Å². The molecule has 94 valence electrons. The van der Waals surface area contributed by atoms with Crippen LogP contribution in [-0.2, 0) is 11.2 Å². The zero-order valence-electron chi connectivity index (χ0n) is 10.3. The highest BCUT2D eigenvalue weighted by molar-refractivity contribution is 6.33. The van der Waals surface area contributed by atoms with Crippen molar-refractivity contribution in [2.45, 2.75) is 39.5 Å². The molecule has 0 fully saturated rings. The topological polar surface area (TPSA) is 17.1 Å². The Morgan fingerprint density at radius 2 is 2.06 bits per heavy atom. The van der Waals surface area contributed by atoms with E-state index < -0.39 is 0 Å². The average Bonchev–Trinajstić information content (AvgIpc) is 2.23. The molecular formula is C14H18Cl2O. The van der Waals surface area contributed by atoms with Crippen molar-refractivity contribution in [3.63, 3.8) is 0 Å². The molecule has 0 aliphatic rings. The lowest BCUT2D eigenvalue weighted by molar-refractivity contribution is -0.119. The van der Waals surface area contributed by atoms with E-state index in [2.05, 4.69) is 6.92 Å². The molecule has 1 rings (SSSR count). The molecule has 1 nitrogen and oxygen atoms in total. The van der Waals surface area contributed by atoms with Crippen LogP contribution in [0.15, 0.2) is 18.2 Å². The largest absolute Gasteiger partial charge is 0.300 e. The van der Waals surface area contributed by atoms with Crippen LogP contribution in [0.4, 0.5) is 0 Å². The van der Waals surface area contributed by atoms with Crippen molar-refractivity contribution in [3.05, 3.63) is 33.8 Å². The molecule has 0 aliphatic heterocycles. The van der Waals surface area contributed by atoms with Gasteiger partial charge < -0.3 is 0 Å². The molecule has 0 amide bonds. The molecule has 17 heavy (non-hydrogen) atoms. The molecule has 0 N–H and O–H groups in total. The smallest absolute Gasteiger partial charge is 0.133 e. The van der Waals surface area contributed by atoms with Gasteiger partial charge in [0.2, 0.25) is 0 Å². The number of carbonyl (C=O) groups is 1. The van der Waals surface area contributed by atoms with Gasteiger partial charge in [0.1, 0.15) is 5.78 Å². The van der Waals surface area contributed by atoms with Gasteiger partial charge in [-0.1, -0.05) is 37.0 Å². The van der Waals surface area contributed by atoms with Crippen molar-refractivity contribution in [2.24, 2.45) is 5.92 Å². The third-order valence-corrected chi connectivity index (χ3v) is 3.28. The number of hydrogen-bond donors (Lipinski definition) is 0. The van der Waals surface area contributed by atoms with Crippen molar-refractivity contribution in [1.29, 1.82) is 0 Å². The minimum Gasteiger partial charge on any atom is -0.300 e. The molecule has 0 radical (unpaired) electrons. The van der Waals surface area contributed by atoms with Gasteiger partial charge in [0.25, 0.3) is 0 Å². The zero-order valence-corrected chi connectivity index (χ0v) is 11.8. The summed E-state index contributed by atoms with van der Waals surface area (Å²) in [5.41, 5.74) is 1.02. The second-order valence-corrected chi connectivity index (χ2v) is 5.38. The molecular weight excluding hydrogens is 255 g/mol. The Hall–Kier alpha value is -0.530. The molecule has 1 atom stereocenters. The van der Waals surface area contributed by atoms with E-state index in [0.717, 1.165) is 23.4 Å². The Labute approximate surface area is 113 Å². The highest BCUT2D eigenvalue weighted by Crippen LogP contribution is 2.24. The number of carbonyl (C=O) groups excluding carboxylic acids is 1. The normalized spacial score (nSPS) is 12.5. The zero-order chi connectivity index (χ0) is 12.8. The quantitative estimate of drug-likeness (QED) is 0.718. The lowest BCUT2D eigenvalue weighted by Gasteiger charge is -2.12. The molecule has 0 bridgehead atoms. The summed E-state index contributed by atoms with van der Waals surface area (Å²) in [6, 6.07) is 5.46. The summed E-state index contributed by atoms with van der Waals surface area (Å²) in [6.45, 7) is 4.10. The van der Waals surface area contributed by atoms with Gasteiger partial charge in [-0.05, 0) is 42.5 Å². The van der Waals surface area contributed by atoms with Gasteiger partial charge in [0.05, 0.1) is 0 Å². The summed E-state index contributed by atoms with van der Waals surface area (Å²) in [5, 5.41) is 1.42. The molecule has 1 aromatic carbocycles. The van der Waals surface area contributed by atoms with E-state index in [1.54, 1.807) is 12.1 Å². The molecule has 0 aliphatic carbocycles. The van der Waals surface area contributed by atoms with E-state index in [9.17, 15) is 4.79 Å². The number of benzene rings is 1. The van der Waals surface area contributed by atoms with Crippen molar-refractivity contribution in [3.8, 4) is 0 Å². The molecule has 1 aromatic rings. The number of hydrogen-bond acceptors (Lipinski definition) is 1. The Kier molecular flexibility index (Phi) is 6.01. The standard InChI is InChI=1S/C14H18Cl2O/c1-3-4-13(17)8-10(2)7-11-9-12(15)5-6-14(11)16/h5-6,9-10H,3-4,7-8H2,1-2H3. The van der Waals surface area contributed by atoms with E-state index in [1.807, 2.05) is 13.0 Å². The van der Waals surface area contributed by atoms with E-state index >= 15 is 0 Å². The van der Waals surface area contributed by atoms with E-state index in [4.69, 9.17) is 23.2 Å². The van der Waals surface area contributed by atoms with Crippen LogP contribution in [0.5, 0.6) is 0 Å². The summed E-state index contributed by atoms with van der Waals surface area (Å²) >= 11 is 12.0. The van der Waals surface area contributed by atoms with Crippen LogP contribution >= 0.6 is 23.2 Å². The predicted molar refractivity (Wildman–Crippen MR) is 73.9 cm³/mol. The SMILES string of the molecule is CCCC(=O)CC(C)Cc1cc(Cl)ccc1Cl. The summed E-state index contributed by atoms with van der Waals surface area (Å²) in [5.74, 6) is 0.642. The summed E-state index contributed by atoms with van der Waals surface area (Å²) in [7, 11) is 0. The highest BCUT2D eigenvalue weighted by Gasteiger charge is 2.11. The fourth-order valence-electron chi connectivity index (χ4n) is 1.92. The fraction of sp³-hybridized carbons (Fsp3) is 0.500. The maximum Gasteiger partial charge on any atom is 0.133 e. The third kappa shape index (κ3) is 5.10. The first-order valence-corrected chi connectivity index (χ1v) is 6.74. The third-order valence-electron chi connectivity index (χ3n) is 2.68. The predicted octanol–water partition coefficient (Wildman–Crippen LogP) is 4.93. The van der Waals surface area contributed by atoms with Crippen molar-refractivity contribution >= 4 is 29.0 Å². The van der Waals surface area contributed by atoms with Gasteiger partial charge in [-0.15, -0.1) is 0 Å². The maximum absolute atomic E-state index is 11.5. The maximum atomic E-state index is 11.5. The number of ketones is 1. The minimum absolute atomic E-state index is 0.310. The summed E-state index contributed by atoms with van der Waals surface area (Å²) in [6.07, 6.45) is 3.02. The van der Waals surface area contributed by atoms with Gasteiger partial charge in [-0.3, -0.25) is 4.79 Å². The first-order chi connectivity index (χ1) is 8.02. The molecule has 0 aromatic heterocycles. The lowest BCUT2D eigenvalue weighted by Crippen LogP contribution is -2.08. The van der Waals surface area contributed by atoms with E-state index in [1.165, 1.54) is 0 Å². The van der Waals surface area contributed by atoms with E-state index in [-0.39, 0.29) is 0 Å². The molecule has 0 saturated heterocycles. The molecule has 1 unspecified atom stereocenters. The van der Waals surface area contributed by atoms with Crippen LogP contribution in [-0.4, -0.2) is 5.78 Å². The van der Waals surface area contributed by atoms with E-state index in [0.29, 0.717) is 29.6 Å². The van der Waals surface area contributed by atoms with Crippen LogP contribution in [0.25, 0.3) is 0 Å². The van der Waals surface area contributed by atoms with Crippen LogP contribution in [0.3, 0.4) is 0 Å². The molecule has 0 heterocycles. The number of halogens is 2. The van der Waals surface area contributed by atoms with Crippen molar-refractivity contribution in [2.75, 3.05) is 0 Å². The second kappa shape index (κ2) is 7.03. The average molecular weight is 273 g/mol. The Morgan fingerprint density at radius 3 is 2.71 bits per heavy atom. The lowest BCUT2D eigenvalue weighted by atomic mass is 9.95. The van der Waals surface area contributed by atoms with Crippen LogP contribution in [0.1, 0.15) is 38.7 Å². The number of rotatable bonds is 6. The van der Waals surface area contributed by atoms with Crippen LogP contribution in [0, 0.1) is 5.92 Å². The molecule has 0 spiro atoms. The van der Waals surface area contributed by atoms with Crippen molar-refractivity contribution in [1.82, 2.24) is 0 Å². The van der Waals surface area contributed by atoms with Crippen molar-refractivity contribution < 1.29 is 4.79 Å². The Balaban J connectivity index is 2.58. The second-order valence-electron chi connectivity index (χ2n) is 4.54. The van der Waals surface area contributed by atoms with Gasteiger partial charge in [0, 0.05) is 22.9 Å². The Morgan fingerprint density at radius 1 is 1.35 bits per heavy atom. The monoisotopic (exact) mass is 272 g/mol. The Bertz CT molecular complexity index is 388. The summed E-state index contributed by atoms with van der Waals surface area (Å²) in [4.78, 5) is 11.5. The fourth-order valence-corrected chi connectivity index (χ4v) is 2.31. The minimum atomic E-state index is 0.310. The van der Waals surface area contributed by atoms with Gasteiger partial charge in [-0.25, -0.2) is 0 Å². The van der Waals surface area contributed by atoms with Crippen LogP contribution in [0.2, 0.25) is 10.0 Å². The highest BCUT2D eigenvalue weighted by atomic mass is 35.5. The van der Waals surface area contributed by atoms with Gasteiger partial charge in [-0.2, -0.15) is 0 Å². The number of Topliss-reactive ketones (excluding diaryl/α,β-unsaturated/α-hetero) is 1. The first kappa shape index (κ1) is 14.5. The molecule has 3 heteroatoms. The van der Waals surface area contributed by atoms with Gasteiger partial charge in [0.15, 0.2) is 0 Å². The summed E-state index contributed by atoms with van der Waals surface area (Å²) < 4.78 is 0.